The summed E-state index contributed by atoms with van der Waals surface area (Å²) in [5.74, 6) is 0.272. The van der Waals surface area contributed by atoms with Gasteiger partial charge in [0, 0.05) is 11.4 Å². The molecule has 0 bridgehead atoms. The highest BCUT2D eigenvalue weighted by Gasteiger charge is 2.34. The molecule has 100 valence electrons. The first-order valence-corrected chi connectivity index (χ1v) is 7.06. The molecule has 1 aliphatic carbocycles. The number of aliphatic hydroxyl groups is 1. The van der Waals surface area contributed by atoms with Gasteiger partial charge in [0.15, 0.2) is 0 Å². The van der Waals surface area contributed by atoms with Crippen molar-refractivity contribution >= 4 is 11.6 Å². The number of halogens is 2. The maximum Gasteiger partial charge on any atom is 0.124 e. The summed E-state index contributed by atoms with van der Waals surface area (Å²) in [6.45, 7) is 2.17. The monoisotopic (exact) mass is 270 g/mol. The van der Waals surface area contributed by atoms with E-state index in [0.29, 0.717) is 17.4 Å². The second-order valence-corrected chi connectivity index (χ2v) is 5.91. The highest BCUT2D eigenvalue weighted by atomic mass is 35.5. The molecule has 0 amide bonds. The Bertz CT molecular complexity index is 421. The third-order valence-electron chi connectivity index (χ3n) is 4.04. The molecule has 1 aliphatic rings. The minimum Gasteiger partial charge on any atom is -0.390 e. The first-order chi connectivity index (χ1) is 8.52. The summed E-state index contributed by atoms with van der Waals surface area (Å²) in [6, 6.07) is 4.41. The lowest BCUT2D eigenvalue weighted by atomic mass is 9.74. The zero-order valence-electron chi connectivity index (χ0n) is 10.8. The van der Waals surface area contributed by atoms with Gasteiger partial charge in [-0.05, 0) is 36.5 Å². The summed E-state index contributed by atoms with van der Waals surface area (Å²) >= 11 is 6.03. The van der Waals surface area contributed by atoms with Gasteiger partial charge >= 0.3 is 0 Å². The average molecular weight is 271 g/mol. The van der Waals surface area contributed by atoms with Crippen LogP contribution in [0, 0.1) is 11.7 Å². The third-order valence-corrected chi connectivity index (χ3v) is 4.39. The summed E-state index contributed by atoms with van der Waals surface area (Å²) in [5, 5.41) is 11.1. The van der Waals surface area contributed by atoms with Crippen LogP contribution in [-0.4, -0.2) is 10.7 Å². The predicted molar refractivity (Wildman–Crippen MR) is 72.3 cm³/mol. The van der Waals surface area contributed by atoms with Gasteiger partial charge < -0.3 is 5.11 Å². The van der Waals surface area contributed by atoms with Gasteiger partial charge in [0.2, 0.25) is 0 Å². The average Bonchev–Trinajstić information content (AvgIpc) is 2.33. The number of benzene rings is 1. The van der Waals surface area contributed by atoms with Gasteiger partial charge in [-0.15, -0.1) is 0 Å². The van der Waals surface area contributed by atoms with E-state index in [1.54, 1.807) is 6.07 Å². The molecule has 0 saturated heterocycles. The largest absolute Gasteiger partial charge is 0.390 e. The van der Waals surface area contributed by atoms with E-state index in [1.807, 2.05) is 0 Å². The van der Waals surface area contributed by atoms with Gasteiger partial charge in [0.1, 0.15) is 5.82 Å². The maximum absolute atomic E-state index is 13.0. The van der Waals surface area contributed by atoms with E-state index in [1.165, 1.54) is 18.6 Å². The van der Waals surface area contributed by atoms with E-state index in [2.05, 4.69) is 6.92 Å². The molecule has 1 N–H and O–H groups in total. The molecule has 0 aromatic heterocycles. The highest BCUT2D eigenvalue weighted by Crippen LogP contribution is 2.37. The van der Waals surface area contributed by atoms with Crippen LogP contribution in [0.2, 0.25) is 5.02 Å². The Labute approximate surface area is 113 Å². The minimum atomic E-state index is -0.666. The fourth-order valence-corrected chi connectivity index (χ4v) is 3.22. The van der Waals surface area contributed by atoms with Crippen LogP contribution < -0.4 is 0 Å². The Morgan fingerprint density at radius 3 is 2.94 bits per heavy atom. The molecule has 0 heterocycles. The minimum absolute atomic E-state index is 0.328. The van der Waals surface area contributed by atoms with Crippen LogP contribution in [0.3, 0.4) is 0 Å². The van der Waals surface area contributed by atoms with Crippen molar-refractivity contribution in [2.75, 3.05) is 0 Å². The molecule has 1 aromatic carbocycles. The van der Waals surface area contributed by atoms with Gasteiger partial charge in [-0.3, -0.25) is 0 Å². The summed E-state index contributed by atoms with van der Waals surface area (Å²) in [4.78, 5) is 0. The first-order valence-electron chi connectivity index (χ1n) is 6.69. The van der Waals surface area contributed by atoms with E-state index in [9.17, 15) is 9.50 Å². The molecule has 0 radical (unpaired) electrons. The molecule has 2 unspecified atom stereocenters. The molecule has 2 atom stereocenters. The lowest BCUT2D eigenvalue weighted by Crippen LogP contribution is -2.37. The fraction of sp³-hybridized carbons (Fsp3) is 0.600. The lowest BCUT2D eigenvalue weighted by molar-refractivity contribution is -0.0161. The van der Waals surface area contributed by atoms with Crippen LogP contribution in [-0.2, 0) is 6.42 Å². The van der Waals surface area contributed by atoms with E-state index < -0.39 is 5.60 Å². The molecule has 0 spiro atoms. The van der Waals surface area contributed by atoms with Crippen molar-refractivity contribution in [1.29, 1.82) is 0 Å². The van der Waals surface area contributed by atoms with Gasteiger partial charge in [0.05, 0.1) is 5.60 Å². The highest BCUT2D eigenvalue weighted by molar-refractivity contribution is 6.31. The molecule has 1 saturated carbocycles. The van der Waals surface area contributed by atoms with E-state index in [-0.39, 0.29) is 5.82 Å². The summed E-state index contributed by atoms with van der Waals surface area (Å²) in [7, 11) is 0. The van der Waals surface area contributed by atoms with Crippen LogP contribution >= 0.6 is 11.6 Å². The van der Waals surface area contributed by atoms with E-state index in [0.717, 1.165) is 31.2 Å². The van der Waals surface area contributed by atoms with Gasteiger partial charge in [-0.2, -0.15) is 0 Å². The molecule has 0 aliphatic heterocycles. The first kappa shape index (κ1) is 13.8. The molecular formula is C15H20ClFO. The fourth-order valence-electron chi connectivity index (χ4n) is 2.99. The van der Waals surface area contributed by atoms with Gasteiger partial charge in [0.25, 0.3) is 0 Å². The summed E-state index contributed by atoms with van der Waals surface area (Å²) in [6.07, 6.45) is 5.56. The SMILES string of the molecule is CCC1CCCC(O)(Cc2ccc(F)cc2Cl)C1. The van der Waals surface area contributed by atoms with Crippen LogP contribution in [0.25, 0.3) is 0 Å². The van der Waals surface area contributed by atoms with Crippen molar-refractivity contribution < 1.29 is 9.50 Å². The Hall–Kier alpha value is -0.600. The lowest BCUT2D eigenvalue weighted by Gasteiger charge is -2.37. The van der Waals surface area contributed by atoms with Gasteiger partial charge in [-0.25, -0.2) is 4.39 Å². The number of rotatable bonds is 3. The standard InChI is InChI=1S/C15H20ClFO/c1-2-11-4-3-7-15(18,9-11)10-12-5-6-13(17)8-14(12)16/h5-6,8,11,18H,2-4,7,9-10H2,1H3. The predicted octanol–water partition coefficient (Wildman–Crippen LogP) is 4.35. The summed E-state index contributed by atoms with van der Waals surface area (Å²) in [5.41, 5.74) is 0.178. The smallest absolute Gasteiger partial charge is 0.124 e. The molecule has 1 nitrogen and oxygen atoms in total. The quantitative estimate of drug-likeness (QED) is 0.866. The van der Waals surface area contributed by atoms with Crippen LogP contribution in [0.4, 0.5) is 4.39 Å². The van der Waals surface area contributed by atoms with Crippen LogP contribution in [0.1, 0.15) is 44.6 Å². The van der Waals surface area contributed by atoms with Crippen LogP contribution in [0.15, 0.2) is 18.2 Å². The summed E-state index contributed by atoms with van der Waals surface area (Å²) < 4.78 is 13.0. The Morgan fingerprint density at radius 1 is 1.50 bits per heavy atom. The third kappa shape index (κ3) is 3.24. The molecular weight excluding hydrogens is 251 g/mol. The molecule has 3 heteroatoms. The van der Waals surface area contributed by atoms with Gasteiger partial charge in [-0.1, -0.05) is 43.9 Å². The molecule has 18 heavy (non-hydrogen) atoms. The Morgan fingerprint density at radius 2 is 2.28 bits per heavy atom. The molecule has 1 fully saturated rings. The second kappa shape index (κ2) is 5.58. The number of hydrogen-bond donors (Lipinski definition) is 1. The maximum atomic E-state index is 13.0. The van der Waals surface area contributed by atoms with E-state index >= 15 is 0 Å². The molecule has 1 aromatic rings. The topological polar surface area (TPSA) is 20.2 Å². The molecule has 2 rings (SSSR count). The number of hydrogen-bond acceptors (Lipinski definition) is 1. The Balaban J connectivity index is 2.11. The van der Waals surface area contributed by atoms with Crippen molar-refractivity contribution in [1.82, 2.24) is 0 Å². The van der Waals surface area contributed by atoms with Crippen molar-refractivity contribution in [3.8, 4) is 0 Å². The Kier molecular flexibility index (Phi) is 4.29. The van der Waals surface area contributed by atoms with Crippen molar-refractivity contribution in [3.05, 3.63) is 34.6 Å². The van der Waals surface area contributed by atoms with Crippen molar-refractivity contribution in [3.63, 3.8) is 0 Å². The van der Waals surface area contributed by atoms with Crippen molar-refractivity contribution in [2.24, 2.45) is 5.92 Å². The second-order valence-electron chi connectivity index (χ2n) is 5.51. The zero-order valence-corrected chi connectivity index (χ0v) is 11.5. The van der Waals surface area contributed by atoms with Crippen LogP contribution in [0.5, 0.6) is 0 Å². The zero-order chi connectivity index (χ0) is 13.2. The van der Waals surface area contributed by atoms with Crippen molar-refractivity contribution in [2.45, 2.75) is 51.0 Å². The van der Waals surface area contributed by atoms with E-state index in [4.69, 9.17) is 11.6 Å². The normalized spacial score (nSPS) is 28.3.